The van der Waals surface area contributed by atoms with Gasteiger partial charge in [0.25, 0.3) is 0 Å². The van der Waals surface area contributed by atoms with E-state index >= 15 is 0 Å². The van der Waals surface area contributed by atoms with E-state index in [0.29, 0.717) is 24.5 Å². The van der Waals surface area contributed by atoms with E-state index in [9.17, 15) is 8.42 Å². The van der Waals surface area contributed by atoms with Crippen LogP contribution in [-0.4, -0.2) is 60.2 Å². The molecule has 1 aromatic heterocycles. The van der Waals surface area contributed by atoms with Gasteiger partial charge in [0.05, 0.1) is 12.7 Å². The van der Waals surface area contributed by atoms with Gasteiger partial charge in [0, 0.05) is 31.6 Å². The van der Waals surface area contributed by atoms with Gasteiger partial charge < -0.3 is 5.32 Å². The van der Waals surface area contributed by atoms with Crippen LogP contribution in [0, 0.1) is 0 Å². The Labute approximate surface area is 131 Å². The van der Waals surface area contributed by atoms with Crippen molar-refractivity contribution in [3.8, 4) is 0 Å². The van der Waals surface area contributed by atoms with Crippen LogP contribution in [0.25, 0.3) is 0 Å². The first kappa shape index (κ1) is 16.8. The summed E-state index contributed by atoms with van der Waals surface area (Å²) in [5, 5.41) is 7.44. The lowest BCUT2D eigenvalue weighted by molar-refractivity contribution is 0.435. The summed E-state index contributed by atoms with van der Waals surface area (Å²) in [4.78, 5) is 0.310. The van der Waals surface area contributed by atoms with Gasteiger partial charge in [-0.3, -0.25) is 4.68 Å². The number of aromatic nitrogens is 2. The molecule has 0 bridgehead atoms. The Morgan fingerprint density at radius 1 is 1.33 bits per heavy atom. The molecular formula is C13H24N4O2S2. The lowest BCUT2D eigenvalue weighted by atomic mass is 10.5. The Morgan fingerprint density at radius 2 is 2.19 bits per heavy atom. The summed E-state index contributed by atoms with van der Waals surface area (Å²) in [6.07, 6.45) is 5.11. The zero-order valence-electron chi connectivity index (χ0n) is 12.5. The topological polar surface area (TPSA) is 67.2 Å². The van der Waals surface area contributed by atoms with Crippen molar-refractivity contribution in [3.63, 3.8) is 0 Å². The van der Waals surface area contributed by atoms with Gasteiger partial charge in [0.1, 0.15) is 4.90 Å². The van der Waals surface area contributed by atoms with E-state index in [-0.39, 0.29) is 0 Å². The van der Waals surface area contributed by atoms with Crippen molar-refractivity contribution in [2.75, 3.05) is 37.7 Å². The molecule has 2 heterocycles. The number of hydrogen-bond donors (Lipinski definition) is 1. The fourth-order valence-corrected chi connectivity index (χ4v) is 4.64. The van der Waals surface area contributed by atoms with Gasteiger partial charge in [0.15, 0.2) is 0 Å². The summed E-state index contributed by atoms with van der Waals surface area (Å²) >= 11 is 1.82. The third kappa shape index (κ3) is 4.70. The summed E-state index contributed by atoms with van der Waals surface area (Å²) in [6, 6.07) is 0. The van der Waals surface area contributed by atoms with E-state index in [1.165, 1.54) is 6.20 Å². The molecule has 0 aromatic carbocycles. The fourth-order valence-electron chi connectivity index (χ4n) is 2.21. The smallest absolute Gasteiger partial charge is 0.246 e. The standard InChI is InChI=1S/C13H24N4O2S2/c1-2-4-14-5-7-16-12-13(11-15-16)21(18,19)17-6-3-9-20-10-8-17/h11-12,14H,2-10H2,1H3. The summed E-state index contributed by atoms with van der Waals surface area (Å²) in [5.41, 5.74) is 0. The predicted molar refractivity (Wildman–Crippen MR) is 86.1 cm³/mol. The van der Waals surface area contributed by atoms with Crippen molar-refractivity contribution in [2.24, 2.45) is 0 Å². The lowest BCUT2D eigenvalue weighted by Gasteiger charge is -2.18. The molecule has 0 amide bonds. The Bertz CT molecular complexity index is 522. The summed E-state index contributed by atoms with van der Waals surface area (Å²) < 4.78 is 28.4. The van der Waals surface area contributed by atoms with Crippen LogP contribution in [0.4, 0.5) is 0 Å². The molecule has 0 radical (unpaired) electrons. The second-order valence-electron chi connectivity index (χ2n) is 5.06. The van der Waals surface area contributed by atoms with Crippen LogP contribution in [0.3, 0.4) is 0 Å². The van der Waals surface area contributed by atoms with Crippen molar-refractivity contribution < 1.29 is 8.42 Å². The molecule has 1 aromatic rings. The van der Waals surface area contributed by atoms with Gasteiger partial charge in [0.2, 0.25) is 10.0 Å². The molecule has 1 aliphatic heterocycles. The van der Waals surface area contributed by atoms with Gasteiger partial charge >= 0.3 is 0 Å². The van der Waals surface area contributed by atoms with Crippen LogP contribution >= 0.6 is 11.8 Å². The number of sulfonamides is 1. The Morgan fingerprint density at radius 3 is 3.00 bits per heavy atom. The maximum Gasteiger partial charge on any atom is 0.246 e. The highest BCUT2D eigenvalue weighted by Crippen LogP contribution is 2.19. The first-order chi connectivity index (χ1) is 10.1. The van der Waals surface area contributed by atoms with Crippen molar-refractivity contribution in [1.82, 2.24) is 19.4 Å². The number of thioether (sulfide) groups is 1. The molecule has 120 valence electrons. The SMILES string of the molecule is CCCNCCn1cc(S(=O)(=O)N2CCCSCC2)cn1. The first-order valence-electron chi connectivity index (χ1n) is 7.45. The molecule has 0 aliphatic carbocycles. The van der Waals surface area contributed by atoms with Crippen LogP contribution in [-0.2, 0) is 16.6 Å². The molecule has 6 nitrogen and oxygen atoms in total. The summed E-state index contributed by atoms with van der Waals surface area (Å²) in [6.45, 7) is 5.78. The van der Waals surface area contributed by atoms with E-state index < -0.39 is 10.0 Å². The molecule has 2 rings (SSSR count). The minimum Gasteiger partial charge on any atom is -0.315 e. The third-order valence-corrected chi connectivity index (χ3v) is 6.27. The lowest BCUT2D eigenvalue weighted by Crippen LogP contribution is -2.32. The maximum absolute atomic E-state index is 12.6. The van der Waals surface area contributed by atoms with E-state index in [4.69, 9.17) is 0 Å². The van der Waals surface area contributed by atoms with Crippen molar-refractivity contribution in [1.29, 1.82) is 0 Å². The van der Waals surface area contributed by atoms with Gasteiger partial charge in [-0.25, -0.2) is 8.42 Å². The number of hydrogen-bond acceptors (Lipinski definition) is 5. The molecule has 0 unspecified atom stereocenters. The van der Waals surface area contributed by atoms with E-state index in [1.54, 1.807) is 15.2 Å². The van der Waals surface area contributed by atoms with Gasteiger partial charge in [-0.2, -0.15) is 21.2 Å². The quantitative estimate of drug-likeness (QED) is 0.755. The number of rotatable bonds is 7. The van der Waals surface area contributed by atoms with Crippen LogP contribution in [0.2, 0.25) is 0 Å². The maximum atomic E-state index is 12.6. The highest BCUT2D eigenvalue weighted by atomic mass is 32.2. The highest BCUT2D eigenvalue weighted by molar-refractivity contribution is 7.99. The molecule has 21 heavy (non-hydrogen) atoms. The summed E-state index contributed by atoms with van der Waals surface area (Å²) in [7, 11) is -3.38. The van der Waals surface area contributed by atoms with Crippen LogP contribution < -0.4 is 5.32 Å². The Hall–Kier alpha value is -0.570. The predicted octanol–water partition coefficient (Wildman–Crippen LogP) is 1.01. The fraction of sp³-hybridized carbons (Fsp3) is 0.769. The molecule has 1 N–H and O–H groups in total. The van der Waals surface area contributed by atoms with Crippen LogP contribution in [0.5, 0.6) is 0 Å². The summed E-state index contributed by atoms with van der Waals surface area (Å²) in [5.74, 6) is 1.91. The van der Waals surface area contributed by atoms with Crippen LogP contribution in [0.15, 0.2) is 17.3 Å². The number of nitrogens with zero attached hydrogens (tertiary/aromatic N) is 3. The second kappa shape index (κ2) is 8.17. The van der Waals surface area contributed by atoms with Gasteiger partial charge in [-0.15, -0.1) is 0 Å². The first-order valence-corrected chi connectivity index (χ1v) is 10.0. The average molecular weight is 332 g/mol. The van der Waals surface area contributed by atoms with Crippen molar-refractivity contribution >= 4 is 21.8 Å². The molecule has 0 atom stereocenters. The monoisotopic (exact) mass is 332 g/mol. The normalized spacial score (nSPS) is 17.8. The van der Waals surface area contributed by atoms with Crippen LogP contribution in [0.1, 0.15) is 19.8 Å². The van der Waals surface area contributed by atoms with Crippen molar-refractivity contribution in [3.05, 3.63) is 12.4 Å². The largest absolute Gasteiger partial charge is 0.315 e. The Balaban J connectivity index is 1.98. The molecule has 8 heteroatoms. The third-order valence-electron chi connectivity index (χ3n) is 3.37. The van der Waals surface area contributed by atoms with E-state index in [0.717, 1.165) is 37.4 Å². The zero-order valence-corrected chi connectivity index (χ0v) is 14.1. The second-order valence-corrected chi connectivity index (χ2v) is 8.22. The molecule has 1 fully saturated rings. The molecule has 1 saturated heterocycles. The van der Waals surface area contributed by atoms with Gasteiger partial charge in [-0.05, 0) is 25.1 Å². The number of nitrogens with one attached hydrogen (secondary N) is 1. The molecule has 0 spiro atoms. The molecule has 0 saturated carbocycles. The van der Waals surface area contributed by atoms with Crippen molar-refractivity contribution in [2.45, 2.75) is 31.2 Å². The highest BCUT2D eigenvalue weighted by Gasteiger charge is 2.26. The van der Waals surface area contributed by atoms with E-state index in [2.05, 4.69) is 17.3 Å². The van der Waals surface area contributed by atoms with Gasteiger partial charge in [-0.1, -0.05) is 6.92 Å². The zero-order chi connectivity index (χ0) is 15.1. The van der Waals surface area contributed by atoms with E-state index in [1.807, 2.05) is 11.8 Å². The minimum atomic E-state index is -3.38. The Kier molecular flexibility index (Phi) is 6.53. The minimum absolute atomic E-state index is 0.310. The average Bonchev–Trinajstić information content (AvgIpc) is 2.77. The molecular weight excluding hydrogens is 308 g/mol. The molecule has 1 aliphatic rings.